The lowest BCUT2D eigenvalue weighted by Gasteiger charge is -2.24. The van der Waals surface area contributed by atoms with Crippen LogP contribution in [0.5, 0.6) is 0 Å². The number of carbonyl (C=O) groups excluding carboxylic acids is 1. The zero-order valence-corrected chi connectivity index (χ0v) is 10.1. The van der Waals surface area contributed by atoms with Crippen LogP contribution >= 0.6 is 0 Å². The average molecular weight is 233 g/mol. The number of rotatable bonds is 4. The van der Waals surface area contributed by atoms with Gasteiger partial charge in [0.15, 0.2) is 0 Å². The predicted octanol–water partition coefficient (Wildman–Crippen LogP) is 1.21. The molecular formula is C13H19N3O. The number of para-hydroxylation sites is 1. The van der Waals surface area contributed by atoms with Gasteiger partial charge in [-0.1, -0.05) is 18.2 Å². The quantitative estimate of drug-likeness (QED) is 0.467. The molecule has 1 aromatic carbocycles. The van der Waals surface area contributed by atoms with E-state index in [4.69, 9.17) is 5.84 Å². The van der Waals surface area contributed by atoms with E-state index in [2.05, 4.69) is 41.5 Å². The van der Waals surface area contributed by atoms with Gasteiger partial charge in [-0.05, 0) is 31.4 Å². The summed E-state index contributed by atoms with van der Waals surface area (Å²) in [5.41, 5.74) is 4.88. The van der Waals surface area contributed by atoms with Crippen LogP contribution in [0.4, 0.5) is 5.69 Å². The SMILES string of the molecule is CC1Cc2ccccc2N1CCCC(=O)NN. The number of hydrogen-bond donors (Lipinski definition) is 2. The fourth-order valence-corrected chi connectivity index (χ4v) is 2.45. The first-order chi connectivity index (χ1) is 8.22. The first-order valence-corrected chi connectivity index (χ1v) is 6.06. The molecule has 2 rings (SSSR count). The maximum Gasteiger partial charge on any atom is 0.233 e. The van der Waals surface area contributed by atoms with Gasteiger partial charge in [-0.3, -0.25) is 10.2 Å². The van der Waals surface area contributed by atoms with E-state index in [0.29, 0.717) is 12.5 Å². The van der Waals surface area contributed by atoms with Crippen molar-refractivity contribution in [2.24, 2.45) is 5.84 Å². The monoisotopic (exact) mass is 233 g/mol. The molecule has 92 valence electrons. The molecule has 0 fully saturated rings. The lowest BCUT2D eigenvalue weighted by molar-refractivity contribution is -0.121. The highest BCUT2D eigenvalue weighted by Gasteiger charge is 2.24. The fourth-order valence-electron chi connectivity index (χ4n) is 2.45. The minimum absolute atomic E-state index is 0.0925. The molecule has 1 heterocycles. The normalized spacial score (nSPS) is 18.0. The van der Waals surface area contributed by atoms with E-state index >= 15 is 0 Å². The fraction of sp³-hybridized carbons (Fsp3) is 0.462. The van der Waals surface area contributed by atoms with Crippen molar-refractivity contribution in [1.29, 1.82) is 0 Å². The Kier molecular flexibility index (Phi) is 3.64. The van der Waals surface area contributed by atoms with Crippen molar-refractivity contribution in [1.82, 2.24) is 5.43 Å². The number of nitrogens with two attached hydrogens (primary N) is 1. The van der Waals surface area contributed by atoms with Crippen molar-refractivity contribution in [3.05, 3.63) is 29.8 Å². The van der Waals surface area contributed by atoms with Crippen LogP contribution < -0.4 is 16.2 Å². The van der Waals surface area contributed by atoms with Gasteiger partial charge in [-0.25, -0.2) is 5.84 Å². The Hall–Kier alpha value is -1.55. The second-order valence-electron chi connectivity index (χ2n) is 4.55. The summed E-state index contributed by atoms with van der Waals surface area (Å²) < 4.78 is 0. The number of hydrogen-bond acceptors (Lipinski definition) is 3. The van der Waals surface area contributed by atoms with Crippen LogP contribution in [0.15, 0.2) is 24.3 Å². The van der Waals surface area contributed by atoms with Gasteiger partial charge in [-0.15, -0.1) is 0 Å². The number of anilines is 1. The molecule has 0 spiro atoms. The van der Waals surface area contributed by atoms with Crippen molar-refractivity contribution in [2.75, 3.05) is 11.4 Å². The summed E-state index contributed by atoms with van der Waals surface area (Å²) in [6, 6.07) is 9.00. The number of amides is 1. The number of nitrogens with one attached hydrogen (secondary N) is 1. The molecule has 3 N–H and O–H groups in total. The van der Waals surface area contributed by atoms with Crippen LogP contribution in [0, 0.1) is 0 Å². The Balaban J connectivity index is 1.95. The number of hydrazine groups is 1. The van der Waals surface area contributed by atoms with E-state index in [-0.39, 0.29) is 5.91 Å². The van der Waals surface area contributed by atoms with Gasteiger partial charge in [0.2, 0.25) is 5.91 Å². The predicted molar refractivity (Wildman–Crippen MR) is 68.5 cm³/mol. The zero-order chi connectivity index (χ0) is 12.3. The van der Waals surface area contributed by atoms with Crippen LogP contribution in [0.1, 0.15) is 25.3 Å². The van der Waals surface area contributed by atoms with Crippen molar-refractivity contribution in [2.45, 2.75) is 32.2 Å². The molecule has 0 aromatic heterocycles. The van der Waals surface area contributed by atoms with Gasteiger partial charge < -0.3 is 4.90 Å². The summed E-state index contributed by atoms with van der Waals surface area (Å²) >= 11 is 0. The van der Waals surface area contributed by atoms with Gasteiger partial charge in [0.1, 0.15) is 0 Å². The minimum atomic E-state index is -0.0925. The largest absolute Gasteiger partial charge is 0.368 e. The van der Waals surface area contributed by atoms with Crippen molar-refractivity contribution in [3.63, 3.8) is 0 Å². The Morgan fingerprint density at radius 1 is 1.53 bits per heavy atom. The van der Waals surface area contributed by atoms with Crippen LogP contribution in [0.3, 0.4) is 0 Å². The second-order valence-corrected chi connectivity index (χ2v) is 4.55. The van der Waals surface area contributed by atoms with E-state index in [1.54, 1.807) is 0 Å². The topological polar surface area (TPSA) is 58.4 Å². The molecule has 4 heteroatoms. The molecule has 1 aliphatic rings. The molecule has 1 aliphatic heterocycles. The minimum Gasteiger partial charge on any atom is -0.368 e. The zero-order valence-electron chi connectivity index (χ0n) is 10.1. The third-order valence-corrected chi connectivity index (χ3v) is 3.31. The van der Waals surface area contributed by atoms with E-state index in [9.17, 15) is 4.79 Å². The highest BCUT2D eigenvalue weighted by atomic mass is 16.2. The van der Waals surface area contributed by atoms with Gasteiger partial charge in [-0.2, -0.15) is 0 Å². The molecule has 0 aliphatic carbocycles. The summed E-state index contributed by atoms with van der Waals surface area (Å²) in [5, 5.41) is 0. The van der Waals surface area contributed by atoms with E-state index in [1.807, 2.05) is 0 Å². The second kappa shape index (κ2) is 5.19. The first kappa shape index (κ1) is 11.9. The molecule has 0 saturated carbocycles. The Labute approximate surface area is 102 Å². The molecule has 0 saturated heterocycles. The van der Waals surface area contributed by atoms with Crippen LogP contribution in [0.25, 0.3) is 0 Å². The molecule has 1 unspecified atom stereocenters. The number of nitrogens with zero attached hydrogens (tertiary/aromatic N) is 1. The molecule has 17 heavy (non-hydrogen) atoms. The van der Waals surface area contributed by atoms with Gasteiger partial charge in [0, 0.05) is 24.7 Å². The van der Waals surface area contributed by atoms with E-state index < -0.39 is 0 Å². The summed E-state index contributed by atoms with van der Waals surface area (Å²) in [4.78, 5) is 13.4. The molecule has 1 atom stereocenters. The number of fused-ring (bicyclic) bond motifs is 1. The number of benzene rings is 1. The molecule has 4 nitrogen and oxygen atoms in total. The van der Waals surface area contributed by atoms with Crippen LogP contribution in [-0.4, -0.2) is 18.5 Å². The van der Waals surface area contributed by atoms with Crippen LogP contribution in [-0.2, 0) is 11.2 Å². The maximum atomic E-state index is 11.1. The Morgan fingerprint density at radius 2 is 2.29 bits per heavy atom. The lowest BCUT2D eigenvalue weighted by Crippen LogP contribution is -2.33. The third-order valence-electron chi connectivity index (χ3n) is 3.31. The Morgan fingerprint density at radius 3 is 3.06 bits per heavy atom. The Bertz CT molecular complexity index is 405. The highest BCUT2D eigenvalue weighted by Crippen LogP contribution is 2.31. The first-order valence-electron chi connectivity index (χ1n) is 6.06. The molecule has 1 amide bonds. The van der Waals surface area contributed by atoms with Gasteiger partial charge in [0.25, 0.3) is 0 Å². The summed E-state index contributed by atoms with van der Waals surface area (Å²) in [7, 11) is 0. The van der Waals surface area contributed by atoms with E-state index in [1.165, 1.54) is 11.3 Å². The summed E-state index contributed by atoms with van der Waals surface area (Å²) in [5.74, 6) is 4.96. The summed E-state index contributed by atoms with van der Waals surface area (Å²) in [6.07, 6.45) is 2.42. The average Bonchev–Trinajstić information content (AvgIpc) is 2.66. The number of carbonyl (C=O) groups is 1. The van der Waals surface area contributed by atoms with Crippen LogP contribution in [0.2, 0.25) is 0 Å². The standard InChI is InChI=1S/C13H19N3O/c1-10-9-11-5-2-3-6-12(11)16(10)8-4-7-13(17)15-14/h2-3,5-6,10H,4,7-9,14H2,1H3,(H,15,17). The van der Waals surface area contributed by atoms with Gasteiger partial charge >= 0.3 is 0 Å². The lowest BCUT2D eigenvalue weighted by atomic mass is 10.1. The van der Waals surface area contributed by atoms with E-state index in [0.717, 1.165) is 19.4 Å². The van der Waals surface area contributed by atoms with Gasteiger partial charge in [0.05, 0.1) is 0 Å². The molecule has 1 aromatic rings. The van der Waals surface area contributed by atoms with Crippen molar-refractivity contribution >= 4 is 11.6 Å². The van der Waals surface area contributed by atoms with Crippen molar-refractivity contribution in [3.8, 4) is 0 Å². The smallest absolute Gasteiger partial charge is 0.233 e. The highest BCUT2D eigenvalue weighted by molar-refractivity contribution is 5.75. The molecular weight excluding hydrogens is 214 g/mol. The summed E-state index contributed by atoms with van der Waals surface area (Å²) in [6.45, 7) is 3.13. The van der Waals surface area contributed by atoms with Crippen molar-refractivity contribution < 1.29 is 4.79 Å². The molecule has 0 radical (unpaired) electrons. The maximum absolute atomic E-state index is 11.1. The molecule has 0 bridgehead atoms. The third kappa shape index (κ3) is 2.58.